The fourth-order valence-corrected chi connectivity index (χ4v) is 1.86. The molecule has 0 spiro atoms. The van der Waals surface area contributed by atoms with Gasteiger partial charge < -0.3 is 15.2 Å². The summed E-state index contributed by atoms with van der Waals surface area (Å²) >= 11 is 0. The van der Waals surface area contributed by atoms with Crippen molar-refractivity contribution < 1.29 is 19.4 Å². The molecule has 0 aliphatic carbocycles. The summed E-state index contributed by atoms with van der Waals surface area (Å²) in [7, 11) is 1.47. The maximum absolute atomic E-state index is 11.8. The van der Waals surface area contributed by atoms with E-state index in [0.717, 1.165) is 25.7 Å². The first-order chi connectivity index (χ1) is 9.58. The van der Waals surface area contributed by atoms with Crippen LogP contribution in [0, 0.1) is 0 Å². The first-order valence-electron chi connectivity index (χ1n) is 6.79. The molecule has 0 unspecified atom stereocenters. The molecule has 1 aromatic rings. The fourth-order valence-electron chi connectivity index (χ4n) is 1.86. The lowest BCUT2D eigenvalue weighted by molar-refractivity contribution is -0.116. The van der Waals surface area contributed by atoms with Crippen molar-refractivity contribution in [1.82, 2.24) is 0 Å². The van der Waals surface area contributed by atoms with Gasteiger partial charge >= 0.3 is 5.97 Å². The molecule has 1 aromatic carbocycles. The van der Waals surface area contributed by atoms with Gasteiger partial charge in [0.25, 0.3) is 0 Å². The Hall–Kier alpha value is -2.04. The van der Waals surface area contributed by atoms with Gasteiger partial charge in [0.05, 0.1) is 18.4 Å². The second-order valence-electron chi connectivity index (χ2n) is 4.58. The summed E-state index contributed by atoms with van der Waals surface area (Å²) < 4.78 is 4.98. The molecule has 0 saturated carbocycles. The first-order valence-corrected chi connectivity index (χ1v) is 6.79. The normalized spacial score (nSPS) is 10.1. The first kappa shape index (κ1) is 16.0. The molecule has 1 amide bonds. The maximum Gasteiger partial charge on any atom is 0.337 e. The van der Waals surface area contributed by atoms with Crippen molar-refractivity contribution in [1.29, 1.82) is 0 Å². The number of unbranched alkanes of at least 4 members (excludes halogenated alkanes) is 3. The predicted molar refractivity (Wildman–Crippen MR) is 77.3 cm³/mol. The molecule has 0 fully saturated rings. The standard InChI is InChI=1S/C15H21NO4/c1-3-4-5-6-7-14(17)16-13-9-8-11(20-2)10-12(13)15(18)19/h8-10H,3-7H2,1-2H3,(H,16,17)(H,18,19). The number of carboxylic acids is 1. The van der Waals surface area contributed by atoms with E-state index in [0.29, 0.717) is 17.9 Å². The van der Waals surface area contributed by atoms with Crippen molar-refractivity contribution in [2.75, 3.05) is 12.4 Å². The lowest BCUT2D eigenvalue weighted by atomic mass is 10.1. The molecule has 0 aromatic heterocycles. The Morgan fingerprint density at radius 2 is 2.00 bits per heavy atom. The lowest BCUT2D eigenvalue weighted by Crippen LogP contribution is -2.14. The van der Waals surface area contributed by atoms with E-state index < -0.39 is 5.97 Å². The Morgan fingerprint density at radius 3 is 2.60 bits per heavy atom. The SMILES string of the molecule is CCCCCCC(=O)Nc1ccc(OC)cc1C(=O)O. The zero-order chi connectivity index (χ0) is 15.0. The van der Waals surface area contributed by atoms with Crippen LogP contribution in [0.3, 0.4) is 0 Å². The number of benzene rings is 1. The van der Waals surface area contributed by atoms with Crippen molar-refractivity contribution in [2.24, 2.45) is 0 Å². The molecule has 0 radical (unpaired) electrons. The number of rotatable bonds is 8. The number of carbonyl (C=O) groups is 2. The van der Waals surface area contributed by atoms with Gasteiger partial charge in [0, 0.05) is 6.42 Å². The zero-order valence-electron chi connectivity index (χ0n) is 11.9. The summed E-state index contributed by atoms with van der Waals surface area (Å²) in [5.74, 6) is -0.803. The van der Waals surface area contributed by atoms with Crippen LogP contribution >= 0.6 is 0 Å². The Bertz CT molecular complexity index is 471. The van der Waals surface area contributed by atoms with Crippen LogP contribution in [0.1, 0.15) is 49.4 Å². The number of hydrogen-bond donors (Lipinski definition) is 2. The van der Waals surface area contributed by atoms with Crippen LogP contribution in [0.25, 0.3) is 0 Å². The molecule has 0 aliphatic rings. The highest BCUT2D eigenvalue weighted by atomic mass is 16.5. The van der Waals surface area contributed by atoms with E-state index in [4.69, 9.17) is 9.84 Å². The molecule has 0 saturated heterocycles. The maximum atomic E-state index is 11.8. The third-order valence-electron chi connectivity index (χ3n) is 2.99. The van der Waals surface area contributed by atoms with Crippen LogP contribution in [0.2, 0.25) is 0 Å². The highest BCUT2D eigenvalue weighted by Gasteiger charge is 2.13. The van der Waals surface area contributed by atoms with Gasteiger partial charge in [-0.25, -0.2) is 4.79 Å². The highest BCUT2D eigenvalue weighted by molar-refractivity contribution is 6.00. The number of amides is 1. The summed E-state index contributed by atoms with van der Waals surface area (Å²) in [6, 6.07) is 4.57. The number of methoxy groups -OCH3 is 1. The number of nitrogens with one attached hydrogen (secondary N) is 1. The third-order valence-corrected chi connectivity index (χ3v) is 2.99. The average Bonchev–Trinajstić information content (AvgIpc) is 2.43. The minimum atomic E-state index is -1.09. The summed E-state index contributed by atoms with van der Waals surface area (Å²) in [4.78, 5) is 22.9. The van der Waals surface area contributed by atoms with Crippen molar-refractivity contribution in [2.45, 2.75) is 39.0 Å². The van der Waals surface area contributed by atoms with Crippen LogP contribution in [-0.2, 0) is 4.79 Å². The predicted octanol–water partition coefficient (Wildman–Crippen LogP) is 3.30. The van der Waals surface area contributed by atoms with Crippen LogP contribution < -0.4 is 10.1 Å². The Kier molecular flexibility index (Phi) is 6.56. The van der Waals surface area contributed by atoms with Gasteiger partial charge in [0.1, 0.15) is 5.75 Å². The molecule has 0 aliphatic heterocycles. The molecule has 1 rings (SSSR count). The minimum absolute atomic E-state index is 0.0336. The summed E-state index contributed by atoms with van der Waals surface area (Å²) in [5.41, 5.74) is 0.338. The number of anilines is 1. The smallest absolute Gasteiger partial charge is 0.337 e. The molecule has 110 valence electrons. The molecule has 20 heavy (non-hydrogen) atoms. The second-order valence-corrected chi connectivity index (χ2v) is 4.58. The second kappa shape index (κ2) is 8.19. The van der Waals surface area contributed by atoms with Gasteiger partial charge in [0.15, 0.2) is 0 Å². The third kappa shape index (κ3) is 4.91. The Morgan fingerprint density at radius 1 is 1.25 bits per heavy atom. The molecular weight excluding hydrogens is 258 g/mol. The van der Waals surface area contributed by atoms with E-state index in [1.165, 1.54) is 13.2 Å². The van der Waals surface area contributed by atoms with Crippen LogP contribution in [0.15, 0.2) is 18.2 Å². The van der Waals surface area contributed by atoms with Crippen molar-refractivity contribution in [3.8, 4) is 5.75 Å². The van der Waals surface area contributed by atoms with E-state index in [9.17, 15) is 9.59 Å². The molecule has 2 N–H and O–H groups in total. The van der Waals surface area contributed by atoms with Crippen molar-refractivity contribution in [3.63, 3.8) is 0 Å². The van der Waals surface area contributed by atoms with Crippen LogP contribution in [0.5, 0.6) is 5.75 Å². The lowest BCUT2D eigenvalue weighted by Gasteiger charge is -2.10. The monoisotopic (exact) mass is 279 g/mol. The number of ether oxygens (including phenoxy) is 1. The average molecular weight is 279 g/mol. The number of carboxylic acid groups (broad SMARTS) is 1. The molecule has 0 bridgehead atoms. The van der Waals surface area contributed by atoms with E-state index >= 15 is 0 Å². The highest BCUT2D eigenvalue weighted by Crippen LogP contribution is 2.22. The van der Waals surface area contributed by atoms with E-state index in [1.807, 2.05) is 0 Å². The van der Waals surface area contributed by atoms with Gasteiger partial charge in [-0.15, -0.1) is 0 Å². The van der Waals surface area contributed by atoms with Gasteiger partial charge in [-0.05, 0) is 24.6 Å². The molecule has 0 heterocycles. The summed E-state index contributed by atoms with van der Waals surface area (Å²) in [6.07, 6.45) is 4.46. The molecule has 5 heteroatoms. The van der Waals surface area contributed by atoms with Crippen LogP contribution in [0.4, 0.5) is 5.69 Å². The van der Waals surface area contributed by atoms with Crippen molar-refractivity contribution in [3.05, 3.63) is 23.8 Å². The largest absolute Gasteiger partial charge is 0.497 e. The summed E-state index contributed by atoms with van der Waals surface area (Å²) in [6.45, 7) is 2.11. The van der Waals surface area contributed by atoms with E-state index in [1.54, 1.807) is 12.1 Å². The molecule has 5 nitrogen and oxygen atoms in total. The topological polar surface area (TPSA) is 75.6 Å². The number of carbonyl (C=O) groups excluding carboxylic acids is 1. The van der Waals surface area contributed by atoms with Gasteiger partial charge in [0.2, 0.25) is 5.91 Å². The van der Waals surface area contributed by atoms with Gasteiger partial charge in [-0.2, -0.15) is 0 Å². The van der Waals surface area contributed by atoms with E-state index in [-0.39, 0.29) is 11.5 Å². The van der Waals surface area contributed by atoms with E-state index in [2.05, 4.69) is 12.2 Å². The fraction of sp³-hybridized carbons (Fsp3) is 0.467. The minimum Gasteiger partial charge on any atom is -0.497 e. The number of hydrogen-bond acceptors (Lipinski definition) is 3. The molecule has 0 atom stereocenters. The Balaban J connectivity index is 2.66. The molecular formula is C15H21NO4. The summed E-state index contributed by atoms with van der Waals surface area (Å²) in [5, 5.41) is 11.8. The zero-order valence-corrected chi connectivity index (χ0v) is 11.9. The number of aromatic carboxylic acids is 1. The van der Waals surface area contributed by atoms with Gasteiger partial charge in [-0.3, -0.25) is 4.79 Å². The quantitative estimate of drug-likeness (QED) is 0.716. The van der Waals surface area contributed by atoms with Gasteiger partial charge in [-0.1, -0.05) is 26.2 Å². The van der Waals surface area contributed by atoms with Crippen molar-refractivity contribution >= 4 is 17.6 Å². The van der Waals surface area contributed by atoms with Crippen LogP contribution in [-0.4, -0.2) is 24.1 Å². The Labute approximate surface area is 118 Å².